The number of nitrogens with zero attached hydrogens (tertiary/aromatic N) is 3. The van der Waals surface area contributed by atoms with Crippen molar-refractivity contribution in [2.45, 2.75) is 32.4 Å². The molecule has 0 atom stereocenters. The number of carbonyl (C=O) groups excluding carboxylic acids is 1. The van der Waals surface area contributed by atoms with Crippen LogP contribution in [0.2, 0.25) is 0 Å². The Bertz CT molecular complexity index is 1190. The van der Waals surface area contributed by atoms with Gasteiger partial charge in [-0.15, -0.1) is 0 Å². The minimum Gasteiger partial charge on any atom is -0.467 e. The summed E-state index contributed by atoms with van der Waals surface area (Å²) < 4.78 is 7.49. The van der Waals surface area contributed by atoms with E-state index in [1.54, 1.807) is 11.2 Å². The third-order valence-corrected chi connectivity index (χ3v) is 5.78. The maximum Gasteiger partial charge on any atom is 0.322 e. The van der Waals surface area contributed by atoms with E-state index in [4.69, 9.17) is 9.52 Å². The highest BCUT2D eigenvalue weighted by molar-refractivity contribution is 6.01. The second-order valence-corrected chi connectivity index (χ2v) is 7.74. The maximum absolute atomic E-state index is 13.3. The van der Waals surface area contributed by atoms with Crippen molar-refractivity contribution in [3.8, 4) is 0 Å². The predicted molar refractivity (Wildman–Crippen MR) is 116 cm³/mol. The Balaban J connectivity index is 1.44. The number of hydrogen-bond donors (Lipinski definition) is 1. The normalized spacial score (nSPS) is 12.8. The van der Waals surface area contributed by atoms with Gasteiger partial charge in [-0.1, -0.05) is 36.4 Å². The molecule has 6 nitrogen and oxygen atoms in total. The lowest BCUT2D eigenvalue weighted by Gasteiger charge is -2.22. The lowest BCUT2D eigenvalue weighted by molar-refractivity contribution is 0.200. The van der Waals surface area contributed by atoms with Gasteiger partial charge in [-0.25, -0.2) is 4.79 Å². The van der Waals surface area contributed by atoms with Gasteiger partial charge in [-0.05, 0) is 48.4 Å². The molecule has 2 aromatic heterocycles. The van der Waals surface area contributed by atoms with Crippen LogP contribution in [0, 0.1) is 0 Å². The summed E-state index contributed by atoms with van der Waals surface area (Å²) in [6.45, 7) is 0.829. The molecule has 2 aromatic carbocycles. The van der Waals surface area contributed by atoms with E-state index in [0.717, 1.165) is 47.2 Å². The molecule has 0 spiro atoms. The Kier molecular flexibility index (Phi) is 4.75. The Morgan fingerprint density at radius 3 is 2.83 bits per heavy atom. The highest BCUT2D eigenvalue weighted by atomic mass is 16.3. The first kappa shape index (κ1) is 18.5. The van der Waals surface area contributed by atoms with E-state index < -0.39 is 0 Å². The van der Waals surface area contributed by atoms with Crippen LogP contribution in [0.15, 0.2) is 65.3 Å². The summed E-state index contributed by atoms with van der Waals surface area (Å²) in [5.74, 6) is 0.746. The number of aromatic nitrogens is 2. The van der Waals surface area contributed by atoms with E-state index in [2.05, 4.69) is 5.32 Å². The molecule has 152 valence electrons. The summed E-state index contributed by atoms with van der Waals surface area (Å²) in [7, 11) is 1.99. The second-order valence-electron chi connectivity index (χ2n) is 7.74. The standard InChI is InChI=1S/C24H24N4O2/c1-27-23-13-5-11-20(23)22(26-27)16-28(15-18-9-6-14-30-18)24(29)25-21-12-4-8-17-7-2-3-10-19(17)21/h2-4,6-10,12,14H,5,11,13,15-16H2,1H3,(H,25,29). The third-order valence-electron chi connectivity index (χ3n) is 5.78. The highest BCUT2D eigenvalue weighted by Crippen LogP contribution is 2.27. The lowest BCUT2D eigenvalue weighted by atomic mass is 10.1. The molecule has 0 saturated carbocycles. The SMILES string of the molecule is Cn1nc(CN(Cc2ccco2)C(=O)Nc2cccc3ccccc23)c2c1CCC2. The molecule has 0 aliphatic heterocycles. The van der Waals surface area contributed by atoms with Crippen LogP contribution >= 0.6 is 0 Å². The Morgan fingerprint density at radius 1 is 1.10 bits per heavy atom. The van der Waals surface area contributed by atoms with Gasteiger partial charge in [0.25, 0.3) is 0 Å². The largest absolute Gasteiger partial charge is 0.467 e. The maximum atomic E-state index is 13.3. The van der Waals surface area contributed by atoms with Gasteiger partial charge in [-0.2, -0.15) is 5.10 Å². The van der Waals surface area contributed by atoms with Gasteiger partial charge < -0.3 is 14.6 Å². The number of fused-ring (bicyclic) bond motifs is 2. The number of rotatable bonds is 5. The van der Waals surface area contributed by atoms with Gasteiger partial charge in [0.05, 0.1) is 30.7 Å². The molecule has 0 fully saturated rings. The van der Waals surface area contributed by atoms with Crippen molar-refractivity contribution in [3.63, 3.8) is 0 Å². The average Bonchev–Trinajstić information content (AvgIpc) is 3.49. The molecule has 2 heterocycles. The molecule has 0 bridgehead atoms. The lowest BCUT2D eigenvalue weighted by Crippen LogP contribution is -2.34. The number of amides is 2. The van der Waals surface area contributed by atoms with E-state index in [-0.39, 0.29) is 6.03 Å². The number of anilines is 1. The number of benzene rings is 2. The van der Waals surface area contributed by atoms with Gasteiger partial charge in [0, 0.05) is 18.1 Å². The number of furan rings is 1. The summed E-state index contributed by atoms with van der Waals surface area (Å²) in [6.07, 6.45) is 4.86. The fourth-order valence-electron chi connectivity index (χ4n) is 4.32. The summed E-state index contributed by atoms with van der Waals surface area (Å²) in [6, 6.07) is 17.5. The molecule has 30 heavy (non-hydrogen) atoms. The van der Waals surface area contributed by atoms with Gasteiger partial charge in [-0.3, -0.25) is 4.68 Å². The van der Waals surface area contributed by atoms with Crippen LogP contribution in [-0.4, -0.2) is 20.7 Å². The molecule has 2 amide bonds. The van der Waals surface area contributed by atoms with E-state index >= 15 is 0 Å². The zero-order chi connectivity index (χ0) is 20.5. The first-order valence-electron chi connectivity index (χ1n) is 10.3. The topological polar surface area (TPSA) is 63.3 Å². The first-order valence-corrected chi connectivity index (χ1v) is 10.3. The van der Waals surface area contributed by atoms with Gasteiger partial charge in [0.1, 0.15) is 5.76 Å². The first-order chi connectivity index (χ1) is 14.7. The minimum absolute atomic E-state index is 0.167. The van der Waals surface area contributed by atoms with Gasteiger partial charge in [0.2, 0.25) is 0 Å². The zero-order valence-corrected chi connectivity index (χ0v) is 17.0. The average molecular weight is 400 g/mol. The van der Waals surface area contributed by atoms with Crippen LogP contribution < -0.4 is 5.32 Å². The molecule has 0 radical (unpaired) electrons. The van der Waals surface area contributed by atoms with E-state index in [1.807, 2.05) is 66.3 Å². The number of urea groups is 1. The van der Waals surface area contributed by atoms with E-state index in [1.165, 1.54) is 11.3 Å². The van der Waals surface area contributed by atoms with Crippen molar-refractivity contribution in [2.75, 3.05) is 5.32 Å². The molecule has 0 saturated heterocycles. The second kappa shape index (κ2) is 7.71. The summed E-state index contributed by atoms with van der Waals surface area (Å²) in [4.78, 5) is 15.1. The molecule has 5 rings (SSSR count). The number of hydrogen-bond acceptors (Lipinski definition) is 3. The van der Waals surface area contributed by atoms with Gasteiger partial charge >= 0.3 is 6.03 Å². The van der Waals surface area contributed by atoms with Crippen molar-refractivity contribution in [2.24, 2.45) is 7.05 Å². The monoisotopic (exact) mass is 400 g/mol. The van der Waals surface area contributed by atoms with Crippen molar-refractivity contribution in [3.05, 3.63) is 83.6 Å². The van der Waals surface area contributed by atoms with Crippen LogP contribution in [0.1, 0.15) is 29.1 Å². The van der Waals surface area contributed by atoms with E-state index in [0.29, 0.717) is 13.1 Å². The molecule has 6 heteroatoms. The van der Waals surface area contributed by atoms with Crippen LogP contribution in [0.25, 0.3) is 10.8 Å². The van der Waals surface area contributed by atoms with E-state index in [9.17, 15) is 4.79 Å². The number of nitrogens with one attached hydrogen (secondary N) is 1. The Hall–Kier alpha value is -3.54. The van der Waals surface area contributed by atoms with Crippen LogP contribution in [0.4, 0.5) is 10.5 Å². The molecule has 1 N–H and O–H groups in total. The third kappa shape index (κ3) is 3.45. The molecular weight excluding hydrogens is 376 g/mol. The molecule has 1 aliphatic carbocycles. The number of aryl methyl sites for hydroxylation is 1. The smallest absolute Gasteiger partial charge is 0.322 e. The van der Waals surface area contributed by atoms with Crippen molar-refractivity contribution >= 4 is 22.5 Å². The summed E-state index contributed by atoms with van der Waals surface area (Å²) in [5, 5.41) is 9.92. The molecule has 1 aliphatic rings. The van der Waals surface area contributed by atoms with Crippen molar-refractivity contribution < 1.29 is 9.21 Å². The molecular formula is C24H24N4O2. The highest BCUT2D eigenvalue weighted by Gasteiger charge is 2.25. The quantitative estimate of drug-likeness (QED) is 0.519. The van der Waals surface area contributed by atoms with Crippen molar-refractivity contribution in [1.82, 2.24) is 14.7 Å². The molecule has 4 aromatic rings. The summed E-state index contributed by atoms with van der Waals surface area (Å²) in [5.41, 5.74) is 4.36. The Labute approximate surface area is 175 Å². The fourth-order valence-corrected chi connectivity index (χ4v) is 4.32. The predicted octanol–water partition coefficient (Wildman–Crippen LogP) is 4.89. The van der Waals surface area contributed by atoms with Gasteiger partial charge in [0.15, 0.2) is 0 Å². The molecule has 0 unspecified atom stereocenters. The minimum atomic E-state index is -0.167. The van der Waals surface area contributed by atoms with Crippen LogP contribution in [0.3, 0.4) is 0 Å². The Morgan fingerprint density at radius 2 is 1.97 bits per heavy atom. The van der Waals surface area contributed by atoms with Crippen LogP contribution in [-0.2, 0) is 33.0 Å². The fraction of sp³-hybridized carbons (Fsp3) is 0.250. The van der Waals surface area contributed by atoms with Crippen LogP contribution in [0.5, 0.6) is 0 Å². The van der Waals surface area contributed by atoms with Crippen molar-refractivity contribution in [1.29, 1.82) is 0 Å². The zero-order valence-electron chi connectivity index (χ0n) is 17.0. The number of carbonyl (C=O) groups is 1. The summed E-state index contributed by atoms with van der Waals surface area (Å²) >= 11 is 0.